The zero-order valence-electron chi connectivity index (χ0n) is 13.0. The third kappa shape index (κ3) is 3.92. The van der Waals surface area contributed by atoms with Crippen LogP contribution in [0.15, 0.2) is 16.9 Å². The van der Waals surface area contributed by atoms with Gasteiger partial charge in [0.2, 0.25) is 0 Å². The predicted molar refractivity (Wildman–Crippen MR) is 83.5 cm³/mol. The fraction of sp³-hybridized carbons (Fsp3) is 0.750. The summed E-state index contributed by atoms with van der Waals surface area (Å²) >= 11 is 0. The van der Waals surface area contributed by atoms with E-state index in [1.54, 1.807) is 16.8 Å². The Bertz CT molecular complexity index is 515. The minimum atomic E-state index is 0.0207. The van der Waals surface area contributed by atoms with Crippen LogP contribution < -0.4 is 5.56 Å². The average Bonchev–Trinajstić information content (AvgIpc) is 2.46. The third-order valence-electron chi connectivity index (χ3n) is 4.65. The van der Waals surface area contributed by atoms with E-state index in [1.165, 1.54) is 45.4 Å². The van der Waals surface area contributed by atoms with Gasteiger partial charge in [0, 0.05) is 38.2 Å². The molecule has 116 valence electrons. The number of hydrogen-bond donors (Lipinski definition) is 0. The van der Waals surface area contributed by atoms with Gasteiger partial charge in [-0.15, -0.1) is 0 Å². The van der Waals surface area contributed by atoms with Crippen molar-refractivity contribution in [1.29, 1.82) is 0 Å². The Labute approximate surface area is 126 Å². The molecule has 0 amide bonds. The summed E-state index contributed by atoms with van der Waals surface area (Å²) in [4.78, 5) is 16.8. The summed E-state index contributed by atoms with van der Waals surface area (Å²) in [5.41, 5.74) is 0.934. The summed E-state index contributed by atoms with van der Waals surface area (Å²) in [6, 6.07) is 3.40. The first-order valence-electron chi connectivity index (χ1n) is 8.20. The van der Waals surface area contributed by atoms with Crippen LogP contribution in [0.5, 0.6) is 0 Å². The number of nitrogens with zero attached hydrogens (tertiary/aromatic N) is 4. The molecule has 0 aliphatic carbocycles. The van der Waals surface area contributed by atoms with Crippen LogP contribution in [-0.2, 0) is 6.54 Å². The van der Waals surface area contributed by atoms with E-state index >= 15 is 0 Å². The highest BCUT2D eigenvalue weighted by Crippen LogP contribution is 2.17. The molecule has 0 atom stereocenters. The van der Waals surface area contributed by atoms with Crippen molar-refractivity contribution in [2.75, 3.05) is 39.3 Å². The molecule has 5 heteroatoms. The molecule has 0 bridgehead atoms. The molecule has 1 aromatic heterocycles. The Hall–Kier alpha value is -1.20. The maximum atomic E-state index is 11.7. The molecule has 3 heterocycles. The van der Waals surface area contributed by atoms with Gasteiger partial charge in [0.05, 0.1) is 12.2 Å². The van der Waals surface area contributed by atoms with Crippen LogP contribution in [0, 0.1) is 12.8 Å². The van der Waals surface area contributed by atoms with Crippen molar-refractivity contribution in [3.8, 4) is 0 Å². The van der Waals surface area contributed by atoms with Crippen LogP contribution in [-0.4, -0.2) is 58.8 Å². The molecule has 5 nitrogen and oxygen atoms in total. The van der Waals surface area contributed by atoms with E-state index in [9.17, 15) is 4.79 Å². The van der Waals surface area contributed by atoms with Crippen molar-refractivity contribution < 1.29 is 0 Å². The van der Waals surface area contributed by atoms with Crippen LogP contribution in [0.1, 0.15) is 25.0 Å². The van der Waals surface area contributed by atoms with E-state index in [4.69, 9.17) is 0 Å². The fourth-order valence-corrected chi connectivity index (χ4v) is 3.37. The van der Waals surface area contributed by atoms with E-state index in [2.05, 4.69) is 14.9 Å². The second kappa shape index (κ2) is 6.71. The molecule has 2 fully saturated rings. The van der Waals surface area contributed by atoms with Crippen LogP contribution in [0.3, 0.4) is 0 Å². The average molecular weight is 290 g/mol. The number of piperidine rings is 1. The maximum Gasteiger partial charge on any atom is 0.266 e. The Kier molecular flexibility index (Phi) is 4.70. The van der Waals surface area contributed by atoms with Gasteiger partial charge in [-0.05, 0) is 38.9 Å². The van der Waals surface area contributed by atoms with Gasteiger partial charge in [-0.1, -0.05) is 6.42 Å². The van der Waals surface area contributed by atoms with Gasteiger partial charge in [-0.25, -0.2) is 4.68 Å². The van der Waals surface area contributed by atoms with Gasteiger partial charge in [0.1, 0.15) is 0 Å². The predicted octanol–water partition coefficient (Wildman–Crippen LogP) is 0.969. The number of aromatic nitrogens is 2. The van der Waals surface area contributed by atoms with E-state index in [0.29, 0.717) is 5.92 Å². The third-order valence-corrected chi connectivity index (χ3v) is 4.65. The molecule has 0 saturated carbocycles. The molecule has 2 saturated heterocycles. The molecular formula is C16H26N4O. The lowest BCUT2D eigenvalue weighted by molar-refractivity contribution is 0.0684. The topological polar surface area (TPSA) is 41.4 Å². The summed E-state index contributed by atoms with van der Waals surface area (Å²) in [6.45, 7) is 9.84. The van der Waals surface area contributed by atoms with Crippen molar-refractivity contribution in [3.05, 3.63) is 28.2 Å². The van der Waals surface area contributed by atoms with Crippen LogP contribution in [0.4, 0.5) is 0 Å². The van der Waals surface area contributed by atoms with E-state index in [1.807, 2.05) is 6.92 Å². The molecule has 2 aliphatic rings. The molecule has 0 N–H and O–H groups in total. The lowest BCUT2D eigenvalue weighted by Crippen LogP contribution is -2.52. The van der Waals surface area contributed by atoms with Gasteiger partial charge >= 0.3 is 0 Å². The number of hydrogen-bond acceptors (Lipinski definition) is 4. The van der Waals surface area contributed by atoms with E-state index < -0.39 is 0 Å². The SMILES string of the molecule is Cc1ccc(=O)n(CC2CN(CCN3CCCCC3)C2)n1. The molecule has 3 rings (SSSR count). The first-order chi connectivity index (χ1) is 10.2. The Morgan fingerprint density at radius 2 is 1.81 bits per heavy atom. The number of rotatable bonds is 5. The molecule has 0 aromatic carbocycles. The van der Waals surface area contributed by atoms with Crippen LogP contribution in [0.25, 0.3) is 0 Å². The second-order valence-corrected chi connectivity index (χ2v) is 6.52. The molecule has 1 aromatic rings. The largest absolute Gasteiger partial charge is 0.302 e. The minimum absolute atomic E-state index is 0.0207. The first-order valence-corrected chi connectivity index (χ1v) is 8.20. The van der Waals surface area contributed by atoms with Gasteiger partial charge in [-0.3, -0.25) is 4.79 Å². The second-order valence-electron chi connectivity index (χ2n) is 6.52. The Morgan fingerprint density at radius 3 is 2.57 bits per heavy atom. The normalized spacial score (nSPS) is 21.4. The summed E-state index contributed by atoms with van der Waals surface area (Å²) in [7, 11) is 0. The summed E-state index contributed by atoms with van der Waals surface area (Å²) in [5.74, 6) is 0.582. The Morgan fingerprint density at radius 1 is 1.10 bits per heavy atom. The van der Waals surface area contributed by atoms with Crippen LogP contribution >= 0.6 is 0 Å². The molecule has 0 radical (unpaired) electrons. The summed E-state index contributed by atoms with van der Waals surface area (Å²) < 4.78 is 1.63. The quantitative estimate of drug-likeness (QED) is 0.810. The maximum absolute atomic E-state index is 11.7. The molecular weight excluding hydrogens is 264 g/mol. The summed E-state index contributed by atoms with van der Waals surface area (Å²) in [5, 5.41) is 4.32. The molecule has 2 aliphatic heterocycles. The highest BCUT2D eigenvalue weighted by Gasteiger charge is 2.27. The van der Waals surface area contributed by atoms with Crippen molar-refractivity contribution in [3.63, 3.8) is 0 Å². The molecule has 0 spiro atoms. The molecule has 21 heavy (non-hydrogen) atoms. The van der Waals surface area contributed by atoms with E-state index in [-0.39, 0.29) is 5.56 Å². The highest BCUT2D eigenvalue weighted by atomic mass is 16.1. The summed E-state index contributed by atoms with van der Waals surface area (Å²) in [6.07, 6.45) is 4.13. The standard InChI is InChI=1S/C16H26N4O/c1-14-5-6-16(21)20(17-14)13-15-11-19(12-15)10-9-18-7-3-2-4-8-18/h5-6,15H,2-4,7-13H2,1H3. The fourth-order valence-electron chi connectivity index (χ4n) is 3.37. The van der Waals surface area contributed by atoms with Crippen molar-refractivity contribution in [2.24, 2.45) is 5.92 Å². The lowest BCUT2D eigenvalue weighted by atomic mass is 10.0. The lowest BCUT2D eigenvalue weighted by Gasteiger charge is -2.40. The molecule has 0 unspecified atom stereocenters. The van der Waals surface area contributed by atoms with Gasteiger partial charge in [0.25, 0.3) is 5.56 Å². The van der Waals surface area contributed by atoms with Gasteiger partial charge < -0.3 is 9.80 Å². The smallest absolute Gasteiger partial charge is 0.266 e. The minimum Gasteiger partial charge on any atom is -0.302 e. The zero-order chi connectivity index (χ0) is 14.7. The Balaban J connectivity index is 1.39. The first kappa shape index (κ1) is 14.7. The van der Waals surface area contributed by atoms with Crippen molar-refractivity contribution >= 4 is 0 Å². The zero-order valence-corrected chi connectivity index (χ0v) is 13.0. The van der Waals surface area contributed by atoms with Crippen molar-refractivity contribution in [1.82, 2.24) is 19.6 Å². The van der Waals surface area contributed by atoms with Crippen molar-refractivity contribution in [2.45, 2.75) is 32.7 Å². The van der Waals surface area contributed by atoms with Crippen LogP contribution in [0.2, 0.25) is 0 Å². The number of aryl methyl sites for hydroxylation is 1. The van der Waals surface area contributed by atoms with E-state index in [0.717, 1.165) is 25.3 Å². The highest BCUT2D eigenvalue weighted by molar-refractivity contribution is 4.97. The monoisotopic (exact) mass is 290 g/mol. The number of likely N-dealkylation sites (tertiary alicyclic amines) is 2. The van der Waals surface area contributed by atoms with Gasteiger partial charge in [0.15, 0.2) is 0 Å². The van der Waals surface area contributed by atoms with Gasteiger partial charge in [-0.2, -0.15) is 5.10 Å².